The third-order valence-electron chi connectivity index (χ3n) is 11.1. The maximum atomic E-state index is 14.0. The summed E-state index contributed by atoms with van der Waals surface area (Å²) in [5.41, 5.74) is 2.78. The quantitative estimate of drug-likeness (QED) is 0.0732. The molecule has 4 N–H and O–H groups in total. The molecule has 15 nitrogen and oxygen atoms in total. The predicted octanol–water partition coefficient (Wildman–Crippen LogP) is 6.91. The van der Waals surface area contributed by atoms with Crippen LogP contribution in [0.1, 0.15) is 61.9 Å². The smallest absolute Gasteiger partial charge is 0.356 e. The number of carboxylic acid groups (broad SMARTS) is 1. The molecule has 2 amide bonds. The van der Waals surface area contributed by atoms with E-state index in [0.717, 1.165) is 16.5 Å². The number of allylic oxidation sites excluding steroid dienone is 1. The van der Waals surface area contributed by atoms with Crippen molar-refractivity contribution in [2.75, 3.05) is 5.32 Å². The maximum absolute atomic E-state index is 14.0. The number of sulfonamides is 1. The summed E-state index contributed by atoms with van der Waals surface area (Å²) in [7, 11) is -4.12. The number of nitrogens with zero attached hydrogens (tertiary/aromatic N) is 2. The van der Waals surface area contributed by atoms with E-state index in [4.69, 9.17) is 14.5 Å². The number of anilines is 1. The van der Waals surface area contributed by atoms with Gasteiger partial charge in [-0.3, -0.25) is 9.59 Å². The van der Waals surface area contributed by atoms with E-state index in [1.165, 1.54) is 12.1 Å². The first-order chi connectivity index (χ1) is 30.2. The molecule has 16 heteroatoms. The van der Waals surface area contributed by atoms with Crippen LogP contribution in [-0.2, 0) is 52.6 Å². The molecule has 0 aliphatic carbocycles. The summed E-state index contributed by atoms with van der Waals surface area (Å²) in [6.07, 6.45) is -0.535. The molecule has 2 aliphatic rings. The maximum Gasteiger partial charge on any atom is 0.356 e. The van der Waals surface area contributed by atoms with Crippen molar-refractivity contribution in [1.82, 2.24) is 19.6 Å². The molecule has 0 fully saturated rings. The monoisotopic (exact) mass is 867 g/mol. The number of hydrogen-bond donors (Lipinski definition) is 4. The van der Waals surface area contributed by atoms with Gasteiger partial charge < -0.3 is 29.8 Å². The minimum atomic E-state index is -4.12. The molecule has 63 heavy (non-hydrogen) atoms. The SMILES string of the molecule is CCC1(OC(=O)C(NC(=O)Nc2cccc(-c3ccc(S(=O)(=O)NC(CC(=O)O)c4ccccc4)cc3)c2)=C(C)C)C(=O)OCc2c1cc1n(c2=O)Cc2cc3ccccc3nc2-1. The van der Waals surface area contributed by atoms with Gasteiger partial charge in [-0.2, -0.15) is 0 Å². The van der Waals surface area contributed by atoms with Crippen LogP contribution in [0.25, 0.3) is 33.4 Å². The molecule has 2 atom stereocenters. The van der Waals surface area contributed by atoms with Crippen LogP contribution in [0.4, 0.5) is 10.5 Å². The van der Waals surface area contributed by atoms with Crippen molar-refractivity contribution < 1.29 is 42.2 Å². The number of fused-ring (bicyclic) bond motifs is 5. The number of benzene rings is 4. The summed E-state index contributed by atoms with van der Waals surface area (Å²) in [5.74, 6) is -3.05. The van der Waals surface area contributed by atoms with Gasteiger partial charge in [0, 0.05) is 22.2 Å². The van der Waals surface area contributed by atoms with Gasteiger partial charge in [0.2, 0.25) is 15.6 Å². The average Bonchev–Trinajstić information content (AvgIpc) is 3.63. The summed E-state index contributed by atoms with van der Waals surface area (Å²) in [4.78, 5) is 71.5. The van der Waals surface area contributed by atoms with Crippen LogP contribution in [-0.4, -0.2) is 47.0 Å². The summed E-state index contributed by atoms with van der Waals surface area (Å²) < 4.78 is 42.2. The molecule has 2 aliphatic heterocycles. The number of carbonyl (C=O) groups excluding carboxylic acids is 3. The standard InChI is InChI=1S/C47H41N5O10S/c1-4-47(36-23-39-42-32(21-31-13-8-9-16-37(31)49-42)25-52(39)43(55)35(36)26-61-45(47)57)62-44(56)41(27(2)3)50-46(58)48-33-15-10-14-30(22-33)28-17-19-34(20-18-28)63(59,60)51-38(24-40(53)54)29-11-6-5-7-12-29/h5-23,38,51H,4,24-26H2,1-3H3,(H,53,54)(H2,48,50,58). The second-order valence-corrected chi connectivity index (χ2v) is 17.1. The number of carbonyl (C=O) groups is 4. The number of ether oxygens (including phenoxy) is 2. The van der Waals surface area contributed by atoms with Gasteiger partial charge >= 0.3 is 23.9 Å². The predicted molar refractivity (Wildman–Crippen MR) is 233 cm³/mol. The fraction of sp³-hybridized carbons (Fsp3) is 0.191. The fourth-order valence-corrected chi connectivity index (χ4v) is 9.12. The number of cyclic esters (lactones) is 1. The highest BCUT2D eigenvalue weighted by molar-refractivity contribution is 7.89. The lowest BCUT2D eigenvalue weighted by Crippen LogP contribution is -2.48. The third-order valence-corrected chi connectivity index (χ3v) is 12.6. The lowest BCUT2D eigenvalue weighted by atomic mass is 9.85. The van der Waals surface area contributed by atoms with E-state index in [0.29, 0.717) is 39.3 Å². The Bertz CT molecular complexity index is 3050. The zero-order chi connectivity index (χ0) is 44.6. The van der Waals surface area contributed by atoms with E-state index < -0.39 is 57.6 Å². The number of esters is 2. The van der Waals surface area contributed by atoms with Crippen LogP contribution in [0.3, 0.4) is 0 Å². The van der Waals surface area contributed by atoms with E-state index >= 15 is 0 Å². The number of para-hydroxylation sites is 1. The molecule has 0 saturated heterocycles. The van der Waals surface area contributed by atoms with Crippen LogP contribution in [0.5, 0.6) is 0 Å². The van der Waals surface area contributed by atoms with E-state index in [1.54, 1.807) is 98.1 Å². The van der Waals surface area contributed by atoms with Gasteiger partial charge in [0.05, 0.1) is 46.4 Å². The number of urea groups is 1. The van der Waals surface area contributed by atoms with E-state index in [1.807, 2.05) is 30.3 Å². The van der Waals surface area contributed by atoms with E-state index in [-0.39, 0.29) is 41.3 Å². The van der Waals surface area contributed by atoms with Crippen molar-refractivity contribution in [3.05, 3.63) is 159 Å². The van der Waals surface area contributed by atoms with Crippen LogP contribution in [0.2, 0.25) is 0 Å². The van der Waals surface area contributed by atoms with Crippen molar-refractivity contribution in [2.24, 2.45) is 0 Å². The number of aromatic nitrogens is 2. The van der Waals surface area contributed by atoms with Gasteiger partial charge in [0.25, 0.3) is 5.56 Å². The van der Waals surface area contributed by atoms with Gasteiger partial charge in [-0.05, 0) is 85.0 Å². The van der Waals surface area contributed by atoms with Gasteiger partial charge in [-0.1, -0.05) is 79.7 Å². The zero-order valence-corrected chi connectivity index (χ0v) is 35.1. The highest BCUT2D eigenvalue weighted by atomic mass is 32.2. The number of carboxylic acids is 1. The van der Waals surface area contributed by atoms with Crippen LogP contribution < -0.4 is 20.9 Å². The topological polar surface area (TPSA) is 212 Å². The molecule has 6 aromatic rings. The van der Waals surface area contributed by atoms with Crippen LogP contribution in [0.15, 0.2) is 136 Å². The Morgan fingerprint density at radius 2 is 1.63 bits per heavy atom. The summed E-state index contributed by atoms with van der Waals surface area (Å²) in [6, 6.07) is 30.5. The molecule has 2 unspecified atom stereocenters. The number of hydrogen-bond acceptors (Lipinski definition) is 10. The van der Waals surface area contributed by atoms with Gasteiger partial charge in [-0.15, -0.1) is 0 Å². The Balaban J connectivity index is 0.987. The van der Waals surface area contributed by atoms with Gasteiger partial charge in [0.15, 0.2) is 0 Å². The second-order valence-electron chi connectivity index (χ2n) is 15.4. The van der Waals surface area contributed by atoms with Crippen LogP contribution in [0, 0.1) is 0 Å². The number of nitrogens with one attached hydrogen (secondary N) is 3. The Morgan fingerprint density at radius 1 is 0.905 bits per heavy atom. The molecule has 0 spiro atoms. The molecule has 320 valence electrons. The van der Waals surface area contributed by atoms with Gasteiger partial charge in [-0.25, -0.2) is 32.5 Å². The Morgan fingerprint density at radius 3 is 2.35 bits per heavy atom. The Labute approximate surface area is 361 Å². The van der Waals surface area contributed by atoms with Crippen molar-refractivity contribution in [2.45, 2.75) is 63.3 Å². The number of rotatable bonds is 12. The first kappa shape index (κ1) is 42.3. The Hall–Kier alpha value is -7.43. The normalized spacial score (nSPS) is 15.6. The summed E-state index contributed by atoms with van der Waals surface area (Å²) >= 11 is 0. The molecule has 8 rings (SSSR count). The molecular formula is C47H41N5O10S. The van der Waals surface area contributed by atoms with E-state index in [2.05, 4.69) is 15.4 Å². The van der Waals surface area contributed by atoms with Crippen LogP contribution >= 0.6 is 0 Å². The minimum Gasteiger partial charge on any atom is -0.481 e. The Kier molecular flexibility index (Phi) is 11.3. The van der Waals surface area contributed by atoms with Crippen molar-refractivity contribution in [3.8, 4) is 22.5 Å². The number of amides is 2. The minimum absolute atomic E-state index is 0.0745. The highest BCUT2D eigenvalue weighted by Crippen LogP contribution is 2.41. The molecular weight excluding hydrogens is 827 g/mol. The first-order valence-corrected chi connectivity index (χ1v) is 21.5. The second kappa shape index (κ2) is 16.8. The van der Waals surface area contributed by atoms with Crippen molar-refractivity contribution in [1.29, 1.82) is 0 Å². The van der Waals surface area contributed by atoms with E-state index in [9.17, 15) is 37.5 Å². The molecule has 0 bridgehead atoms. The molecule has 4 heterocycles. The highest BCUT2D eigenvalue weighted by Gasteiger charge is 2.51. The fourth-order valence-electron chi connectivity index (χ4n) is 7.89. The van der Waals surface area contributed by atoms with Gasteiger partial charge in [0.1, 0.15) is 12.3 Å². The van der Waals surface area contributed by atoms with Crippen molar-refractivity contribution in [3.63, 3.8) is 0 Å². The number of aliphatic carboxylic acids is 1. The lowest BCUT2D eigenvalue weighted by Gasteiger charge is -2.36. The lowest BCUT2D eigenvalue weighted by molar-refractivity contribution is -0.187. The number of pyridine rings is 2. The summed E-state index contributed by atoms with van der Waals surface area (Å²) in [5, 5.41) is 15.6. The average molecular weight is 868 g/mol. The molecule has 0 saturated carbocycles. The molecule has 2 aromatic heterocycles. The van der Waals surface area contributed by atoms with Crippen molar-refractivity contribution >= 4 is 50.6 Å². The largest absolute Gasteiger partial charge is 0.481 e. The third kappa shape index (κ3) is 8.21. The molecule has 0 radical (unpaired) electrons. The first-order valence-electron chi connectivity index (χ1n) is 20.0. The summed E-state index contributed by atoms with van der Waals surface area (Å²) in [6.45, 7) is 4.77. The molecule has 4 aromatic carbocycles. The zero-order valence-electron chi connectivity index (χ0n) is 34.3.